The molecule has 0 bridgehead atoms. The second kappa shape index (κ2) is 7.28. The molecule has 21 heavy (non-hydrogen) atoms. The lowest BCUT2D eigenvalue weighted by atomic mass is 10.2. The number of carboxylic acid groups (broad SMARTS) is 1. The second-order valence-corrected chi connectivity index (χ2v) is 7.91. The summed E-state index contributed by atoms with van der Waals surface area (Å²) in [5, 5.41) is 8.79. The number of hydrogen-bond acceptors (Lipinski definition) is 3. The number of aliphatic carboxylic acids is 1. The van der Waals surface area contributed by atoms with Crippen LogP contribution in [0.1, 0.15) is 20.3 Å². The summed E-state index contributed by atoms with van der Waals surface area (Å²) in [7, 11) is -3.99. The molecular formula is C12H14BrCl2NO4S. The van der Waals surface area contributed by atoms with Crippen molar-refractivity contribution >= 4 is 55.1 Å². The minimum Gasteiger partial charge on any atom is -0.481 e. The van der Waals surface area contributed by atoms with E-state index in [0.717, 1.165) is 4.31 Å². The molecule has 0 fully saturated rings. The van der Waals surface area contributed by atoms with Crippen LogP contribution in [0.3, 0.4) is 0 Å². The zero-order valence-corrected chi connectivity index (χ0v) is 15.2. The third kappa shape index (κ3) is 4.32. The van der Waals surface area contributed by atoms with Crippen molar-refractivity contribution in [3.05, 3.63) is 26.7 Å². The van der Waals surface area contributed by atoms with Crippen molar-refractivity contribution in [3.63, 3.8) is 0 Å². The van der Waals surface area contributed by atoms with Crippen LogP contribution in [0.4, 0.5) is 0 Å². The largest absolute Gasteiger partial charge is 0.481 e. The van der Waals surface area contributed by atoms with Crippen LogP contribution in [0.5, 0.6) is 0 Å². The molecule has 0 radical (unpaired) electrons. The number of halogens is 3. The summed E-state index contributed by atoms with van der Waals surface area (Å²) in [4.78, 5) is 10.6. The van der Waals surface area contributed by atoms with Crippen LogP contribution in [0.2, 0.25) is 10.0 Å². The van der Waals surface area contributed by atoms with Gasteiger partial charge in [0.05, 0.1) is 16.5 Å². The van der Waals surface area contributed by atoms with Gasteiger partial charge in [-0.2, -0.15) is 4.31 Å². The van der Waals surface area contributed by atoms with E-state index in [4.69, 9.17) is 28.3 Å². The van der Waals surface area contributed by atoms with E-state index in [2.05, 4.69) is 15.9 Å². The number of rotatable bonds is 6. The van der Waals surface area contributed by atoms with Gasteiger partial charge in [-0.3, -0.25) is 4.79 Å². The van der Waals surface area contributed by atoms with E-state index in [-0.39, 0.29) is 27.9 Å². The molecule has 1 aromatic carbocycles. The Morgan fingerprint density at radius 2 is 1.86 bits per heavy atom. The van der Waals surface area contributed by atoms with Crippen LogP contribution in [0, 0.1) is 0 Å². The molecule has 0 aliphatic rings. The Morgan fingerprint density at radius 1 is 1.38 bits per heavy atom. The fourth-order valence-electron chi connectivity index (χ4n) is 1.97. The molecule has 0 aliphatic carbocycles. The Morgan fingerprint density at radius 3 is 2.24 bits per heavy atom. The third-order valence-electron chi connectivity index (χ3n) is 2.80. The van der Waals surface area contributed by atoms with Crippen molar-refractivity contribution in [2.45, 2.75) is 31.2 Å². The first-order chi connectivity index (χ1) is 9.61. The maximum absolute atomic E-state index is 12.7. The van der Waals surface area contributed by atoms with E-state index in [9.17, 15) is 13.2 Å². The van der Waals surface area contributed by atoms with E-state index in [1.165, 1.54) is 19.1 Å². The molecule has 0 amide bonds. The minimum absolute atomic E-state index is 0.0182. The van der Waals surface area contributed by atoms with Gasteiger partial charge in [0.2, 0.25) is 10.0 Å². The first-order valence-electron chi connectivity index (χ1n) is 5.99. The lowest BCUT2D eigenvalue weighted by molar-refractivity contribution is -0.137. The molecule has 0 heterocycles. The molecular weight excluding hydrogens is 405 g/mol. The van der Waals surface area contributed by atoms with Crippen LogP contribution in [0.15, 0.2) is 21.5 Å². The molecule has 9 heteroatoms. The highest BCUT2D eigenvalue weighted by atomic mass is 79.9. The zero-order valence-electron chi connectivity index (χ0n) is 11.3. The van der Waals surface area contributed by atoms with E-state index < -0.39 is 22.0 Å². The van der Waals surface area contributed by atoms with Gasteiger partial charge in [0, 0.05) is 17.1 Å². The summed E-state index contributed by atoms with van der Waals surface area (Å²) in [6.45, 7) is 3.26. The van der Waals surface area contributed by atoms with Gasteiger partial charge in [-0.05, 0) is 19.1 Å². The molecule has 0 saturated heterocycles. The number of sulfonamides is 1. The van der Waals surface area contributed by atoms with Gasteiger partial charge in [-0.25, -0.2) is 8.42 Å². The average Bonchev–Trinajstić information content (AvgIpc) is 2.25. The summed E-state index contributed by atoms with van der Waals surface area (Å²) >= 11 is 15.2. The summed E-state index contributed by atoms with van der Waals surface area (Å²) in [6.07, 6.45) is -0.307. The number of carbonyl (C=O) groups is 1. The summed E-state index contributed by atoms with van der Waals surface area (Å²) in [5.41, 5.74) is 0. The van der Waals surface area contributed by atoms with Gasteiger partial charge in [-0.15, -0.1) is 0 Å². The maximum Gasteiger partial charge on any atom is 0.304 e. The molecule has 0 aromatic heterocycles. The Kier molecular flexibility index (Phi) is 6.49. The Balaban J connectivity index is 3.35. The smallest absolute Gasteiger partial charge is 0.304 e. The number of benzene rings is 1. The van der Waals surface area contributed by atoms with Gasteiger partial charge in [0.1, 0.15) is 4.90 Å². The number of hydrogen-bond donors (Lipinski definition) is 1. The second-order valence-electron chi connectivity index (χ2n) is 4.35. The van der Waals surface area contributed by atoms with E-state index in [0.29, 0.717) is 4.47 Å². The molecule has 118 valence electrons. The fourth-order valence-corrected chi connectivity index (χ4v) is 5.49. The summed E-state index contributed by atoms with van der Waals surface area (Å²) in [6, 6.07) is 2.14. The molecule has 0 spiro atoms. The molecule has 1 aromatic rings. The van der Waals surface area contributed by atoms with Gasteiger partial charge in [-0.1, -0.05) is 46.1 Å². The van der Waals surface area contributed by atoms with Crippen LogP contribution < -0.4 is 0 Å². The minimum atomic E-state index is -3.99. The van der Waals surface area contributed by atoms with Crippen molar-refractivity contribution in [1.29, 1.82) is 0 Å². The summed E-state index contributed by atoms with van der Waals surface area (Å²) in [5.74, 6) is -1.08. The standard InChI is InChI=1S/C12H14BrCl2NO4S/c1-3-16(7(2)4-11(17)18)21(19,20)12-9(14)5-8(13)6-10(12)15/h5-7H,3-4H2,1-2H3,(H,17,18). The van der Waals surface area contributed by atoms with Crippen LogP contribution >= 0.6 is 39.1 Å². The predicted molar refractivity (Wildman–Crippen MR) is 85.4 cm³/mol. The Bertz CT molecular complexity index is 628. The highest BCUT2D eigenvalue weighted by Crippen LogP contribution is 2.35. The third-order valence-corrected chi connectivity index (χ3v) is 6.27. The molecule has 1 atom stereocenters. The highest BCUT2D eigenvalue weighted by molar-refractivity contribution is 9.10. The molecule has 1 N–H and O–H groups in total. The van der Waals surface area contributed by atoms with Crippen molar-refractivity contribution in [2.24, 2.45) is 0 Å². The van der Waals surface area contributed by atoms with Gasteiger partial charge in [0.25, 0.3) is 0 Å². The average molecular weight is 419 g/mol. The summed E-state index contributed by atoms with van der Waals surface area (Å²) < 4.78 is 27.0. The Hall–Kier alpha value is -0.340. The topological polar surface area (TPSA) is 74.7 Å². The molecule has 0 saturated carbocycles. The zero-order chi connectivity index (χ0) is 16.4. The van der Waals surface area contributed by atoms with Gasteiger partial charge < -0.3 is 5.11 Å². The van der Waals surface area contributed by atoms with Gasteiger partial charge in [0.15, 0.2) is 0 Å². The van der Waals surface area contributed by atoms with Crippen molar-refractivity contribution in [3.8, 4) is 0 Å². The fraction of sp³-hybridized carbons (Fsp3) is 0.417. The monoisotopic (exact) mass is 417 g/mol. The SMILES string of the molecule is CCN(C(C)CC(=O)O)S(=O)(=O)c1c(Cl)cc(Br)cc1Cl. The number of carboxylic acids is 1. The first kappa shape index (κ1) is 18.7. The van der Waals surface area contributed by atoms with Crippen molar-refractivity contribution in [1.82, 2.24) is 4.31 Å². The lowest BCUT2D eigenvalue weighted by Gasteiger charge is -2.27. The van der Waals surface area contributed by atoms with Gasteiger partial charge >= 0.3 is 5.97 Å². The van der Waals surface area contributed by atoms with Crippen LogP contribution in [0.25, 0.3) is 0 Å². The Labute approximate surface area is 142 Å². The van der Waals surface area contributed by atoms with E-state index >= 15 is 0 Å². The van der Waals surface area contributed by atoms with E-state index in [1.807, 2.05) is 0 Å². The molecule has 0 aliphatic heterocycles. The molecule has 1 unspecified atom stereocenters. The predicted octanol–water partition coefficient (Wildman–Crippen LogP) is 3.63. The molecule has 5 nitrogen and oxygen atoms in total. The van der Waals surface area contributed by atoms with Crippen LogP contribution in [-0.2, 0) is 14.8 Å². The lowest BCUT2D eigenvalue weighted by Crippen LogP contribution is -2.39. The normalized spacial score (nSPS) is 13.4. The number of nitrogens with zero attached hydrogens (tertiary/aromatic N) is 1. The van der Waals surface area contributed by atoms with Crippen molar-refractivity contribution in [2.75, 3.05) is 6.54 Å². The highest BCUT2D eigenvalue weighted by Gasteiger charge is 2.32. The maximum atomic E-state index is 12.7. The molecule has 1 rings (SSSR count). The van der Waals surface area contributed by atoms with Crippen LogP contribution in [-0.4, -0.2) is 36.4 Å². The van der Waals surface area contributed by atoms with E-state index in [1.54, 1.807) is 6.92 Å². The van der Waals surface area contributed by atoms with Crippen molar-refractivity contribution < 1.29 is 18.3 Å². The first-order valence-corrected chi connectivity index (χ1v) is 8.98. The quantitative estimate of drug-likeness (QED) is 0.765.